The number of rotatable bonds is 5. The Labute approximate surface area is 107 Å². The Morgan fingerprint density at radius 3 is 2.78 bits per heavy atom. The molecule has 2 aromatic rings. The van der Waals surface area contributed by atoms with Crippen LogP contribution in [-0.2, 0) is 16.4 Å². The number of sulfone groups is 1. The average Bonchev–Trinajstić information content (AvgIpc) is 2.74. The molecule has 0 bridgehead atoms. The third-order valence-electron chi connectivity index (χ3n) is 3.11. The van der Waals surface area contributed by atoms with Gasteiger partial charge in [-0.1, -0.05) is 19.1 Å². The number of nitrogen functional groups attached to an aromatic ring is 1. The van der Waals surface area contributed by atoms with Crippen molar-refractivity contribution in [1.29, 1.82) is 0 Å². The van der Waals surface area contributed by atoms with Crippen molar-refractivity contribution in [3.63, 3.8) is 0 Å². The number of aryl methyl sites for hydroxylation is 1. The Balaban J connectivity index is 2.14. The van der Waals surface area contributed by atoms with E-state index in [9.17, 15) is 8.42 Å². The summed E-state index contributed by atoms with van der Waals surface area (Å²) in [6.07, 6.45) is 2.58. The first-order chi connectivity index (χ1) is 8.53. The van der Waals surface area contributed by atoms with Gasteiger partial charge >= 0.3 is 0 Å². The van der Waals surface area contributed by atoms with Gasteiger partial charge in [0.2, 0.25) is 0 Å². The van der Waals surface area contributed by atoms with Crippen molar-refractivity contribution in [2.24, 2.45) is 0 Å². The minimum absolute atomic E-state index is 0.210. The van der Waals surface area contributed by atoms with Crippen LogP contribution in [-0.4, -0.2) is 24.5 Å². The Hall–Kier alpha value is -1.49. The van der Waals surface area contributed by atoms with Gasteiger partial charge in [0, 0.05) is 23.9 Å². The van der Waals surface area contributed by atoms with Crippen molar-refractivity contribution in [3.05, 3.63) is 30.5 Å². The van der Waals surface area contributed by atoms with Crippen LogP contribution in [0.15, 0.2) is 30.5 Å². The molecule has 0 atom stereocenters. The lowest BCUT2D eigenvalue weighted by Gasteiger charge is -2.07. The first-order valence-corrected chi connectivity index (χ1v) is 7.89. The Morgan fingerprint density at radius 1 is 1.28 bits per heavy atom. The molecule has 1 heterocycles. The molecular weight excluding hydrogens is 248 g/mol. The quantitative estimate of drug-likeness (QED) is 0.842. The van der Waals surface area contributed by atoms with Gasteiger partial charge in [-0.2, -0.15) is 0 Å². The molecule has 0 aliphatic rings. The predicted octanol–water partition coefficient (Wildman–Crippen LogP) is 2.05. The van der Waals surface area contributed by atoms with E-state index in [-0.39, 0.29) is 11.5 Å². The number of fused-ring (bicyclic) bond motifs is 1. The van der Waals surface area contributed by atoms with Gasteiger partial charge in [0.15, 0.2) is 0 Å². The number of hydrogen-bond acceptors (Lipinski definition) is 3. The molecule has 18 heavy (non-hydrogen) atoms. The van der Waals surface area contributed by atoms with Gasteiger partial charge in [-0.3, -0.25) is 0 Å². The molecule has 0 saturated heterocycles. The summed E-state index contributed by atoms with van der Waals surface area (Å²) < 4.78 is 24.9. The molecule has 2 N–H and O–H groups in total. The standard InChI is InChI=1S/C13H18N2O2S/c1-2-18(16,17)10-4-8-15-9-7-11-5-3-6-12(14)13(11)15/h3,5-7,9H,2,4,8,10,14H2,1H3. The molecular formula is C13H18N2O2S. The molecule has 0 radical (unpaired) electrons. The molecule has 0 saturated carbocycles. The number of nitrogens with zero attached hydrogens (tertiary/aromatic N) is 1. The summed E-state index contributed by atoms with van der Waals surface area (Å²) in [7, 11) is -2.88. The normalized spacial score (nSPS) is 12.1. The van der Waals surface area contributed by atoms with Crippen LogP contribution in [0.4, 0.5) is 5.69 Å². The fraction of sp³-hybridized carbons (Fsp3) is 0.385. The van der Waals surface area contributed by atoms with Gasteiger partial charge in [-0.15, -0.1) is 0 Å². The summed E-state index contributed by atoms with van der Waals surface area (Å²) in [5.74, 6) is 0.442. The number of aromatic nitrogens is 1. The Kier molecular flexibility index (Phi) is 3.61. The van der Waals surface area contributed by atoms with E-state index >= 15 is 0 Å². The molecule has 0 fully saturated rings. The predicted molar refractivity (Wildman–Crippen MR) is 75.3 cm³/mol. The van der Waals surface area contributed by atoms with Gasteiger partial charge in [-0.25, -0.2) is 8.42 Å². The van der Waals surface area contributed by atoms with Gasteiger partial charge in [0.1, 0.15) is 9.84 Å². The van der Waals surface area contributed by atoms with Crippen molar-refractivity contribution < 1.29 is 8.42 Å². The fourth-order valence-electron chi connectivity index (χ4n) is 2.08. The lowest BCUT2D eigenvalue weighted by Crippen LogP contribution is -2.11. The first kappa shape index (κ1) is 13.0. The SMILES string of the molecule is CCS(=O)(=O)CCCn1ccc2cccc(N)c21. The number of para-hydroxylation sites is 1. The van der Waals surface area contributed by atoms with E-state index in [4.69, 9.17) is 5.73 Å². The topological polar surface area (TPSA) is 65.1 Å². The van der Waals surface area contributed by atoms with E-state index in [2.05, 4.69) is 0 Å². The van der Waals surface area contributed by atoms with Crippen LogP contribution in [0.1, 0.15) is 13.3 Å². The van der Waals surface area contributed by atoms with Gasteiger partial charge in [-0.05, 0) is 18.6 Å². The minimum Gasteiger partial charge on any atom is -0.397 e. The van der Waals surface area contributed by atoms with Crippen molar-refractivity contribution in [1.82, 2.24) is 4.57 Å². The maximum Gasteiger partial charge on any atom is 0.150 e. The molecule has 98 valence electrons. The lowest BCUT2D eigenvalue weighted by molar-refractivity contribution is 0.589. The summed E-state index contributed by atoms with van der Waals surface area (Å²) in [6, 6.07) is 7.79. The van der Waals surface area contributed by atoms with E-state index in [1.54, 1.807) is 6.92 Å². The second-order valence-electron chi connectivity index (χ2n) is 4.38. The summed E-state index contributed by atoms with van der Waals surface area (Å²) in [5, 5.41) is 1.09. The highest BCUT2D eigenvalue weighted by Crippen LogP contribution is 2.22. The van der Waals surface area contributed by atoms with Gasteiger partial charge in [0.05, 0.1) is 17.0 Å². The molecule has 0 unspecified atom stereocenters. The molecule has 0 amide bonds. The number of nitrogens with two attached hydrogens (primary N) is 1. The molecule has 4 nitrogen and oxygen atoms in total. The molecule has 0 aliphatic carbocycles. The number of benzene rings is 1. The Morgan fingerprint density at radius 2 is 2.06 bits per heavy atom. The van der Waals surface area contributed by atoms with Crippen LogP contribution in [0.2, 0.25) is 0 Å². The van der Waals surface area contributed by atoms with Crippen LogP contribution in [0.5, 0.6) is 0 Å². The third-order valence-corrected chi connectivity index (χ3v) is 4.90. The average molecular weight is 266 g/mol. The highest BCUT2D eigenvalue weighted by molar-refractivity contribution is 7.91. The molecule has 5 heteroatoms. The third kappa shape index (κ3) is 2.67. The second kappa shape index (κ2) is 5.02. The first-order valence-electron chi connectivity index (χ1n) is 6.07. The molecule has 1 aromatic carbocycles. The number of anilines is 1. The van der Waals surface area contributed by atoms with Crippen LogP contribution < -0.4 is 5.73 Å². The molecule has 0 aliphatic heterocycles. The van der Waals surface area contributed by atoms with Crippen LogP contribution in [0.3, 0.4) is 0 Å². The second-order valence-corrected chi connectivity index (χ2v) is 6.86. The van der Waals surface area contributed by atoms with Crippen molar-refractivity contribution in [2.45, 2.75) is 19.9 Å². The molecule has 2 rings (SSSR count). The van der Waals surface area contributed by atoms with Crippen LogP contribution >= 0.6 is 0 Å². The van der Waals surface area contributed by atoms with Crippen LogP contribution in [0.25, 0.3) is 10.9 Å². The maximum absolute atomic E-state index is 11.4. The van der Waals surface area contributed by atoms with Crippen LogP contribution in [0, 0.1) is 0 Å². The highest BCUT2D eigenvalue weighted by atomic mass is 32.2. The zero-order valence-corrected chi connectivity index (χ0v) is 11.3. The lowest BCUT2D eigenvalue weighted by atomic mass is 10.2. The summed E-state index contributed by atoms with van der Waals surface area (Å²) in [5.41, 5.74) is 7.67. The maximum atomic E-state index is 11.4. The van der Waals surface area contributed by atoms with Gasteiger partial charge < -0.3 is 10.3 Å². The highest BCUT2D eigenvalue weighted by Gasteiger charge is 2.08. The van der Waals surface area contributed by atoms with E-state index in [1.807, 2.05) is 35.0 Å². The van der Waals surface area contributed by atoms with Crippen molar-refractivity contribution in [2.75, 3.05) is 17.2 Å². The molecule has 0 spiro atoms. The van der Waals surface area contributed by atoms with Crippen molar-refractivity contribution in [3.8, 4) is 0 Å². The largest absolute Gasteiger partial charge is 0.397 e. The summed E-state index contributed by atoms with van der Waals surface area (Å²) in [6.45, 7) is 2.36. The van der Waals surface area contributed by atoms with E-state index < -0.39 is 9.84 Å². The summed E-state index contributed by atoms with van der Waals surface area (Å²) in [4.78, 5) is 0. The fourth-order valence-corrected chi connectivity index (χ4v) is 2.93. The molecule has 1 aromatic heterocycles. The Bertz CT molecular complexity index is 644. The zero-order chi connectivity index (χ0) is 13.2. The zero-order valence-electron chi connectivity index (χ0n) is 10.5. The van der Waals surface area contributed by atoms with E-state index in [0.717, 1.165) is 16.6 Å². The monoisotopic (exact) mass is 266 g/mol. The van der Waals surface area contributed by atoms with E-state index in [0.29, 0.717) is 13.0 Å². The summed E-state index contributed by atoms with van der Waals surface area (Å²) >= 11 is 0. The smallest absolute Gasteiger partial charge is 0.150 e. The minimum atomic E-state index is -2.88. The van der Waals surface area contributed by atoms with E-state index in [1.165, 1.54) is 0 Å². The van der Waals surface area contributed by atoms with Crippen molar-refractivity contribution >= 4 is 26.4 Å². The number of hydrogen-bond donors (Lipinski definition) is 1. The van der Waals surface area contributed by atoms with Gasteiger partial charge in [0.25, 0.3) is 0 Å².